The van der Waals surface area contributed by atoms with Gasteiger partial charge < -0.3 is 10.6 Å². The minimum absolute atomic E-state index is 0.0103. The number of carbonyl (C=O) groups excluding carboxylic acids is 3. The number of hydrogen-bond acceptors (Lipinski definition) is 3. The van der Waals surface area contributed by atoms with Crippen molar-refractivity contribution in [3.8, 4) is 0 Å². The van der Waals surface area contributed by atoms with Gasteiger partial charge >= 0.3 is 6.03 Å². The maximum absolute atomic E-state index is 13.9. The van der Waals surface area contributed by atoms with Gasteiger partial charge in [-0.2, -0.15) is 0 Å². The van der Waals surface area contributed by atoms with Crippen LogP contribution in [0.4, 0.5) is 14.9 Å². The summed E-state index contributed by atoms with van der Waals surface area (Å²) in [7, 11) is 0. The lowest BCUT2D eigenvalue weighted by molar-refractivity contribution is -0.136. The van der Waals surface area contributed by atoms with Crippen molar-refractivity contribution in [3.63, 3.8) is 0 Å². The van der Waals surface area contributed by atoms with E-state index in [0.29, 0.717) is 6.42 Å². The molecule has 1 aliphatic heterocycles. The minimum atomic E-state index is -0.920. The quantitative estimate of drug-likeness (QED) is 0.806. The molecule has 4 amide bonds. The third kappa shape index (κ3) is 3.08. The van der Waals surface area contributed by atoms with Gasteiger partial charge in [0.1, 0.15) is 12.1 Å². The number of imide groups is 1. The molecule has 0 aromatic heterocycles. The maximum Gasteiger partial charge on any atom is 0.325 e. The molecule has 0 bridgehead atoms. The Balaban J connectivity index is 1.72. The molecule has 2 unspecified atom stereocenters. The molecular weight excluding hydrogens is 349 g/mol. The largest absolute Gasteiger partial charge is 0.325 e. The molecule has 1 aromatic rings. The molecule has 6 nitrogen and oxygen atoms in total. The van der Waals surface area contributed by atoms with Crippen molar-refractivity contribution in [1.82, 2.24) is 10.2 Å². The van der Waals surface area contributed by atoms with Crippen molar-refractivity contribution < 1.29 is 18.8 Å². The number of nitrogens with one attached hydrogen (secondary N) is 2. The molecule has 0 radical (unpaired) electrons. The normalized spacial score (nSPS) is 26.0. The van der Waals surface area contributed by atoms with Crippen molar-refractivity contribution >= 4 is 35.1 Å². The number of nitrogens with zero attached hydrogens (tertiary/aromatic N) is 1. The zero-order valence-electron chi connectivity index (χ0n) is 13.8. The van der Waals surface area contributed by atoms with Crippen LogP contribution >= 0.6 is 11.6 Å². The summed E-state index contributed by atoms with van der Waals surface area (Å²) in [6.45, 7) is 1.47. The van der Waals surface area contributed by atoms with Gasteiger partial charge in [-0.25, -0.2) is 9.18 Å². The first-order valence-corrected chi connectivity index (χ1v) is 8.61. The highest BCUT2D eigenvalue weighted by molar-refractivity contribution is 6.31. The van der Waals surface area contributed by atoms with Gasteiger partial charge in [0.15, 0.2) is 5.82 Å². The van der Waals surface area contributed by atoms with Crippen LogP contribution in [-0.4, -0.2) is 34.8 Å². The van der Waals surface area contributed by atoms with Gasteiger partial charge in [0.05, 0.1) is 10.7 Å². The number of anilines is 1. The predicted octanol–water partition coefficient (Wildman–Crippen LogP) is 2.92. The van der Waals surface area contributed by atoms with E-state index in [2.05, 4.69) is 10.6 Å². The van der Waals surface area contributed by atoms with Crippen LogP contribution in [0.1, 0.15) is 32.6 Å². The van der Waals surface area contributed by atoms with E-state index in [1.54, 1.807) is 0 Å². The van der Waals surface area contributed by atoms with Crippen LogP contribution in [0.5, 0.6) is 0 Å². The molecule has 1 saturated carbocycles. The number of benzene rings is 1. The highest BCUT2D eigenvalue weighted by Crippen LogP contribution is 2.38. The van der Waals surface area contributed by atoms with E-state index >= 15 is 0 Å². The first kappa shape index (κ1) is 17.7. The van der Waals surface area contributed by atoms with Gasteiger partial charge in [0.25, 0.3) is 5.91 Å². The van der Waals surface area contributed by atoms with Gasteiger partial charge in [0.2, 0.25) is 5.91 Å². The molecule has 1 heterocycles. The summed E-state index contributed by atoms with van der Waals surface area (Å²) in [6, 6.07) is 3.63. The number of hydrogen-bond donors (Lipinski definition) is 2. The molecule has 1 aliphatic carbocycles. The van der Waals surface area contributed by atoms with Crippen molar-refractivity contribution in [2.45, 2.75) is 38.1 Å². The molecule has 25 heavy (non-hydrogen) atoms. The molecule has 2 atom stereocenters. The third-order valence-corrected chi connectivity index (χ3v) is 5.32. The summed E-state index contributed by atoms with van der Waals surface area (Å²) in [5, 5.41) is 5.00. The Bertz CT molecular complexity index is 742. The zero-order chi connectivity index (χ0) is 18.2. The summed E-state index contributed by atoms with van der Waals surface area (Å²) in [4.78, 5) is 38.1. The van der Waals surface area contributed by atoms with E-state index in [1.165, 1.54) is 18.2 Å². The summed E-state index contributed by atoms with van der Waals surface area (Å²) in [5.74, 6) is -1.79. The maximum atomic E-state index is 13.9. The average Bonchev–Trinajstić information content (AvgIpc) is 2.80. The van der Waals surface area contributed by atoms with E-state index < -0.39 is 29.8 Å². The molecule has 2 aliphatic rings. The number of amides is 4. The molecule has 2 fully saturated rings. The number of carbonyl (C=O) groups is 3. The smallest absolute Gasteiger partial charge is 0.323 e. The van der Waals surface area contributed by atoms with Gasteiger partial charge in [-0.3, -0.25) is 14.5 Å². The van der Waals surface area contributed by atoms with Crippen LogP contribution in [-0.2, 0) is 9.59 Å². The van der Waals surface area contributed by atoms with Crippen molar-refractivity contribution in [3.05, 3.63) is 29.0 Å². The predicted molar refractivity (Wildman–Crippen MR) is 90.6 cm³/mol. The van der Waals surface area contributed by atoms with Crippen molar-refractivity contribution in [2.24, 2.45) is 5.92 Å². The van der Waals surface area contributed by atoms with Crippen molar-refractivity contribution in [2.75, 3.05) is 11.9 Å². The molecule has 1 aromatic carbocycles. The molecule has 2 N–H and O–H groups in total. The first-order chi connectivity index (χ1) is 11.8. The van der Waals surface area contributed by atoms with Gasteiger partial charge in [-0.05, 0) is 30.9 Å². The monoisotopic (exact) mass is 367 g/mol. The lowest BCUT2D eigenvalue weighted by atomic mass is 9.73. The van der Waals surface area contributed by atoms with Crippen LogP contribution in [0.3, 0.4) is 0 Å². The Labute approximate surface area is 149 Å². The van der Waals surface area contributed by atoms with E-state index in [0.717, 1.165) is 24.2 Å². The van der Waals surface area contributed by atoms with Crippen LogP contribution in [0.2, 0.25) is 5.02 Å². The van der Waals surface area contributed by atoms with Gasteiger partial charge in [0, 0.05) is 0 Å². The number of halogens is 2. The number of urea groups is 1. The van der Waals surface area contributed by atoms with E-state index in [1.807, 2.05) is 6.92 Å². The topological polar surface area (TPSA) is 78.5 Å². The molecule has 1 saturated heterocycles. The Morgan fingerprint density at radius 3 is 2.92 bits per heavy atom. The van der Waals surface area contributed by atoms with E-state index in [-0.39, 0.29) is 22.5 Å². The molecular formula is C17H19ClFN3O3. The second kappa shape index (κ2) is 6.63. The lowest BCUT2D eigenvalue weighted by Crippen LogP contribution is -2.54. The highest BCUT2D eigenvalue weighted by atomic mass is 35.5. The van der Waals surface area contributed by atoms with Crippen LogP contribution in [0, 0.1) is 11.7 Å². The highest BCUT2D eigenvalue weighted by Gasteiger charge is 2.55. The summed E-state index contributed by atoms with van der Waals surface area (Å²) < 4.78 is 13.9. The van der Waals surface area contributed by atoms with Crippen LogP contribution in [0.15, 0.2) is 18.2 Å². The standard InChI is InChI=1S/C17H19ClFN3O3/c1-10-5-2-3-8-17(10)15(24)22(16(25)21-17)9-13(23)20-12-7-4-6-11(18)14(12)19/h4,6-7,10H,2-3,5,8-9H2,1H3,(H,20,23)(H,21,25). The molecule has 1 spiro atoms. The second-order valence-electron chi connectivity index (χ2n) is 6.59. The third-order valence-electron chi connectivity index (χ3n) is 5.03. The molecule has 3 rings (SSSR count). The Hall–Kier alpha value is -2.15. The van der Waals surface area contributed by atoms with Crippen LogP contribution in [0.25, 0.3) is 0 Å². The number of rotatable bonds is 3. The fourth-order valence-electron chi connectivity index (χ4n) is 3.57. The SMILES string of the molecule is CC1CCCCC12NC(=O)N(CC(=O)Nc1cccc(Cl)c1F)C2=O. The fourth-order valence-corrected chi connectivity index (χ4v) is 3.75. The fraction of sp³-hybridized carbons (Fsp3) is 0.471. The molecule has 134 valence electrons. The Morgan fingerprint density at radius 1 is 1.44 bits per heavy atom. The van der Waals surface area contributed by atoms with Gasteiger partial charge in [-0.15, -0.1) is 0 Å². The lowest BCUT2D eigenvalue weighted by Gasteiger charge is -2.36. The first-order valence-electron chi connectivity index (χ1n) is 8.23. The summed E-state index contributed by atoms with van der Waals surface area (Å²) in [6.07, 6.45) is 3.28. The van der Waals surface area contributed by atoms with E-state index in [4.69, 9.17) is 11.6 Å². The van der Waals surface area contributed by atoms with Gasteiger partial charge in [-0.1, -0.05) is 37.4 Å². The zero-order valence-corrected chi connectivity index (χ0v) is 14.5. The van der Waals surface area contributed by atoms with Crippen molar-refractivity contribution in [1.29, 1.82) is 0 Å². The summed E-state index contributed by atoms with van der Waals surface area (Å²) in [5.41, 5.74) is -1.01. The molecule has 8 heteroatoms. The van der Waals surface area contributed by atoms with Crippen LogP contribution < -0.4 is 10.6 Å². The summed E-state index contributed by atoms with van der Waals surface area (Å²) >= 11 is 5.67. The Kier molecular flexibility index (Phi) is 4.69. The van der Waals surface area contributed by atoms with E-state index in [9.17, 15) is 18.8 Å². The minimum Gasteiger partial charge on any atom is -0.323 e. The average molecular weight is 368 g/mol. The second-order valence-corrected chi connectivity index (χ2v) is 7.00. The Morgan fingerprint density at radius 2 is 2.20 bits per heavy atom.